The zero-order chi connectivity index (χ0) is 10.1. The number of ether oxygens (including phenoxy) is 1. The van der Waals surface area contributed by atoms with Gasteiger partial charge in [-0.1, -0.05) is 12.7 Å². The molecule has 1 rings (SSSR count). The highest BCUT2D eigenvalue weighted by atomic mass is 16.5. The van der Waals surface area contributed by atoms with Crippen molar-refractivity contribution in [2.75, 3.05) is 13.2 Å². The lowest BCUT2D eigenvalue weighted by Crippen LogP contribution is -2.55. The fourth-order valence-corrected chi connectivity index (χ4v) is 1.37. The molecule has 1 saturated heterocycles. The van der Waals surface area contributed by atoms with Crippen LogP contribution in [0.1, 0.15) is 13.3 Å². The lowest BCUT2D eigenvalue weighted by molar-refractivity contribution is -0.198. The molecule has 1 heterocycles. The fraction of sp³-hybridized carbons (Fsp3) is 1.00. The molecule has 0 spiro atoms. The molecule has 0 aromatic heterocycles. The summed E-state index contributed by atoms with van der Waals surface area (Å²) >= 11 is 0. The van der Waals surface area contributed by atoms with Gasteiger partial charge in [0.15, 0.2) is 0 Å². The van der Waals surface area contributed by atoms with Crippen molar-refractivity contribution in [2.45, 2.75) is 37.0 Å². The monoisotopic (exact) mass is 186 g/mol. The van der Waals surface area contributed by atoms with E-state index in [1.807, 2.05) is 0 Å². The van der Waals surface area contributed by atoms with Crippen LogP contribution in [0.15, 0.2) is 0 Å². The third-order valence-electron chi connectivity index (χ3n) is 2.48. The first-order valence-electron chi connectivity index (χ1n) is 4.38. The van der Waals surface area contributed by atoms with Crippen molar-refractivity contribution in [1.29, 1.82) is 0 Å². The van der Waals surface area contributed by atoms with Crippen LogP contribution in [0.5, 0.6) is 0 Å². The van der Waals surface area contributed by atoms with E-state index in [0.29, 0.717) is 0 Å². The van der Waals surface area contributed by atoms with Crippen LogP contribution in [0, 0.1) is 0 Å². The Morgan fingerprint density at radius 2 is 2.31 bits per heavy atom. The summed E-state index contributed by atoms with van der Waals surface area (Å²) in [6.45, 7) is 1.21. The fourth-order valence-electron chi connectivity index (χ4n) is 1.37. The Bertz CT molecular complexity index is 176. The van der Waals surface area contributed by atoms with Gasteiger partial charge in [0.1, 0.15) is 5.60 Å². The molecule has 2 unspecified atom stereocenters. The first-order chi connectivity index (χ1) is 5.99. The molecule has 4 atom stereocenters. The molecule has 5 heteroatoms. The third kappa shape index (κ3) is 2.23. The summed E-state index contributed by atoms with van der Waals surface area (Å²) < 4.78 is 5.22. The van der Waals surface area contributed by atoms with Crippen molar-refractivity contribution in [3.05, 3.63) is 0 Å². The van der Waals surface area contributed by atoms with E-state index in [4.69, 9.17) is 17.7 Å². The largest absolute Gasteiger partial charge is 0.393 e. The average Bonchev–Trinajstić information content (AvgIpc) is 2.09. The van der Waals surface area contributed by atoms with Crippen molar-refractivity contribution in [3.63, 3.8) is 0 Å². The Labute approximate surface area is 78.9 Å². The van der Waals surface area contributed by atoms with Crippen molar-refractivity contribution < 1.29 is 20.1 Å². The van der Waals surface area contributed by atoms with E-state index in [1.165, 1.54) is 0 Å². The van der Waals surface area contributed by atoms with Crippen LogP contribution in [-0.2, 0) is 4.74 Å². The quantitative estimate of drug-likeness (QED) is 0.475. The zero-order valence-corrected chi connectivity index (χ0v) is 7.68. The van der Waals surface area contributed by atoms with Crippen LogP contribution in [0.25, 0.3) is 0 Å². The molecule has 1 fully saturated rings. The SMILES string of the molecule is [B][C@H](C)C1CC(O)[C@](O)(CO)CO1. The first kappa shape index (κ1) is 11.0. The molecule has 0 saturated carbocycles. The molecule has 1 aliphatic heterocycles. The summed E-state index contributed by atoms with van der Waals surface area (Å²) in [7, 11) is 5.58. The molecule has 3 N–H and O–H groups in total. The number of hydrogen-bond donors (Lipinski definition) is 3. The van der Waals surface area contributed by atoms with Gasteiger partial charge in [-0.2, -0.15) is 0 Å². The number of hydrogen-bond acceptors (Lipinski definition) is 4. The minimum atomic E-state index is -1.52. The third-order valence-corrected chi connectivity index (χ3v) is 2.48. The van der Waals surface area contributed by atoms with E-state index in [0.717, 1.165) is 0 Å². The second kappa shape index (κ2) is 3.96. The van der Waals surface area contributed by atoms with Gasteiger partial charge in [0, 0.05) is 6.42 Å². The Morgan fingerprint density at radius 3 is 2.69 bits per heavy atom. The van der Waals surface area contributed by atoms with Crippen molar-refractivity contribution >= 4 is 7.85 Å². The van der Waals surface area contributed by atoms with E-state index in [1.54, 1.807) is 6.92 Å². The van der Waals surface area contributed by atoms with Gasteiger partial charge < -0.3 is 20.1 Å². The van der Waals surface area contributed by atoms with Gasteiger partial charge in [0.25, 0.3) is 0 Å². The Balaban J connectivity index is 2.56. The number of aliphatic hydroxyl groups is 3. The predicted octanol–water partition coefficient (Wildman–Crippen LogP) is -1.16. The summed E-state index contributed by atoms with van der Waals surface area (Å²) in [6.07, 6.45) is -0.960. The molecule has 0 amide bonds. The van der Waals surface area contributed by atoms with Crippen LogP contribution < -0.4 is 0 Å². The lowest BCUT2D eigenvalue weighted by atomic mass is 9.78. The van der Waals surface area contributed by atoms with Crippen molar-refractivity contribution in [2.24, 2.45) is 0 Å². The number of rotatable bonds is 2. The molecule has 13 heavy (non-hydrogen) atoms. The van der Waals surface area contributed by atoms with Gasteiger partial charge in [-0.25, -0.2) is 0 Å². The van der Waals surface area contributed by atoms with Gasteiger partial charge in [-0.05, 0) is 0 Å². The summed E-state index contributed by atoms with van der Waals surface area (Å²) in [5.41, 5.74) is -1.52. The summed E-state index contributed by atoms with van der Waals surface area (Å²) in [4.78, 5) is 0. The summed E-state index contributed by atoms with van der Waals surface area (Å²) in [6, 6.07) is 0. The van der Waals surface area contributed by atoms with E-state index in [9.17, 15) is 10.2 Å². The van der Waals surface area contributed by atoms with Gasteiger partial charge in [0.2, 0.25) is 0 Å². The molecule has 1 aliphatic rings. The first-order valence-corrected chi connectivity index (χ1v) is 4.38. The summed E-state index contributed by atoms with van der Waals surface area (Å²) in [5, 5.41) is 27.9. The molecule has 0 aliphatic carbocycles. The molecular weight excluding hydrogens is 171 g/mol. The maximum Gasteiger partial charge on any atom is 0.137 e. The van der Waals surface area contributed by atoms with Crippen LogP contribution in [0.3, 0.4) is 0 Å². The van der Waals surface area contributed by atoms with Gasteiger partial charge >= 0.3 is 0 Å². The molecular formula is C8H15BO4. The van der Waals surface area contributed by atoms with Gasteiger partial charge in [-0.3, -0.25) is 0 Å². The minimum Gasteiger partial charge on any atom is -0.393 e. The molecule has 0 aromatic carbocycles. The van der Waals surface area contributed by atoms with Gasteiger partial charge in [0.05, 0.1) is 33.3 Å². The standard InChI is InChI=1S/C8H15BO4/c1-5(9)6-2-7(11)8(12,3-10)4-13-6/h5-7,10-12H,2-4H2,1H3/t5-,6?,7?,8+/m1/s1. The molecule has 2 radical (unpaired) electrons. The number of aliphatic hydroxyl groups excluding tert-OH is 2. The topological polar surface area (TPSA) is 69.9 Å². The minimum absolute atomic E-state index is 0.0725. The van der Waals surface area contributed by atoms with Gasteiger partial charge in [-0.15, -0.1) is 0 Å². The smallest absolute Gasteiger partial charge is 0.137 e. The molecule has 0 aromatic rings. The average molecular weight is 186 g/mol. The second-order valence-corrected chi connectivity index (χ2v) is 3.72. The van der Waals surface area contributed by atoms with Crippen LogP contribution in [0.2, 0.25) is 5.82 Å². The second-order valence-electron chi connectivity index (χ2n) is 3.72. The van der Waals surface area contributed by atoms with E-state index in [2.05, 4.69) is 0 Å². The maximum absolute atomic E-state index is 9.58. The highest BCUT2D eigenvalue weighted by Crippen LogP contribution is 2.27. The predicted molar refractivity (Wildman–Crippen MR) is 47.6 cm³/mol. The maximum atomic E-state index is 9.58. The Hall–Kier alpha value is -0.0951. The molecule has 4 nitrogen and oxygen atoms in total. The van der Waals surface area contributed by atoms with E-state index < -0.39 is 18.3 Å². The Morgan fingerprint density at radius 1 is 1.69 bits per heavy atom. The van der Waals surface area contributed by atoms with E-state index in [-0.39, 0.29) is 24.9 Å². The highest BCUT2D eigenvalue weighted by Gasteiger charge is 2.42. The van der Waals surface area contributed by atoms with Crippen molar-refractivity contribution in [1.82, 2.24) is 0 Å². The van der Waals surface area contributed by atoms with Crippen LogP contribution >= 0.6 is 0 Å². The molecule has 74 valence electrons. The normalized spacial score (nSPS) is 43.1. The van der Waals surface area contributed by atoms with Crippen LogP contribution in [0.4, 0.5) is 0 Å². The zero-order valence-electron chi connectivity index (χ0n) is 7.68. The van der Waals surface area contributed by atoms with Crippen molar-refractivity contribution in [3.8, 4) is 0 Å². The highest BCUT2D eigenvalue weighted by molar-refractivity contribution is 6.11. The van der Waals surface area contributed by atoms with E-state index >= 15 is 0 Å². The Kier molecular flexibility index (Phi) is 3.35. The summed E-state index contributed by atoms with van der Waals surface area (Å²) in [5.74, 6) is -0.183. The van der Waals surface area contributed by atoms with Crippen LogP contribution in [-0.4, -0.2) is 54.2 Å². The molecule has 0 bridgehead atoms. The lowest BCUT2D eigenvalue weighted by Gasteiger charge is -2.40.